The Kier molecular flexibility index (Phi) is 7.34. The average Bonchev–Trinajstić information content (AvgIpc) is 2.76. The number of carbonyl (C=O) groups excluding carboxylic acids is 2. The minimum atomic E-state index is -5.01. The first kappa shape index (κ1) is 26.7. The average molecular weight is 503 g/mol. The highest BCUT2D eigenvalue weighted by Crippen LogP contribution is 2.41. The lowest BCUT2D eigenvalue weighted by molar-refractivity contribution is -0.143. The van der Waals surface area contributed by atoms with Crippen LogP contribution in [0.15, 0.2) is 36.4 Å². The Labute approximate surface area is 197 Å². The largest absolute Gasteiger partial charge is 0.416 e. The number of hydrogen-bond acceptors (Lipinski definition) is 2. The molecule has 1 saturated carbocycles. The fraction of sp³-hybridized carbons (Fsp3) is 0.440. The molecule has 2 unspecified atom stereocenters. The summed E-state index contributed by atoms with van der Waals surface area (Å²) in [4.78, 5) is 26.7. The molecule has 2 aromatic carbocycles. The molecular formula is C25H24F7NO2. The first-order valence-corrected chi connectivity index (χ1v) is 10.9. The third kappa shape index (κ3) is 5.85. The van der Waals surface area contributed by atoms with Crippen molar-refractivity contribution in [2.24, 2.45) is 5.92 Å². The molecule has 3 atom stereocenters. The van der Waals surface area contributed by atoms with Crippen molar-refractivity contribution in [2.75, 3.05) is 7.05 Å². The monoisotopic (exact) mass is 503 g/mol. The molecule has 1 amide bonds. The van der Waals surface area contributed by atoms with Crippen molar-refractivity contribution >= 4 is 11.7 Å². The number of carbonyl (C=O) groups is 2. The van der Waals surface area contributed by atoms with Crippen LogP contribution in [0.4, 0.5) is 30.7 Å². The van der Waals surface area contributed by atoms with Crippen LogP contribution in [0.3, 0.4) is 0 Å². The van der Waals surface area contributed by atoms with E-state index >= 15 is 0 Å². The van der Waals surface area contributed by atoms with E-state index in [9.17, 15) is 40.3 Å². The summed E-state index contributed by atoms with van der Waals surface area (Å²) in [5, 5.41) is 0. The van der Waals surface area contributed by atoms with Crippen LogP contribution < -0.4 is 0 Å². The fourth-order valence-electron chi connectivity index (χ4n) is 4.59. The SMILES string of the molecule is Cc1cc(F)ccc1C1CCC(=O)CC1C(=O)N(C)[C@H](C)c1cc(C(F)(F)F)cc(C(F)(F)F)c1. The molecule has 0 heterocycles. The predicted molar refractivity (Wildman–Crippen MR) is 114 cm³/mol. The number of benzene rings is 2. The summed E-state index contributed by atoms with van der Waals surface area (Å²) in [6, 6.07) is 4.17. The van der Waals surface area contributed by atoms with Crippen molar-refractivity contribution in [1.82, 2.24) is 4.90 Å². The van der Waals surface area contributed by atoms with E-state index in [1.165, 1.54) is 32.2 Å². The number of hydrogen-bond donors (Lipinski definition) is 0. The molecule has 0 aliphatic heterocycles. The molecule has 190 valence electrons. The minimum absolute atomic E-state index is 0.0329. The Hall–Kier alpha value is -2.91. The van der Waals surface area contributed by atoms with Gasteiger partial charge < -0.3 is 4.90 Å². The quantitative estimate of drug-likeness (QED) is 0.429. The summed E-state index contributed by atoms with van der Waals surface area (Å²) in [5.74, 6) is -2.52. The molecular weight excluding hydrogens is 479 g/mol. The number of amides is 1. The third-order valence-electron chi connectivity index (χ3n) is 6.64. The van der Waals surface area contributed by atoms with Gasteiger partial charge in [-0.05, 0) is 73.2 Å². The Morgan fingerprint density at radius 2 is 1.57 bits per heavy atom. The molecule has 0 spiro atoms. The second kappa shape index (κ2) is 9.62. The zero-order valence-corrected chi connectivity index (χ0v) is 19.2. The first-order valence-electron chi connectivity index (χ1n) is 10.9. The number of nitrogens with zero attached hydrogens (tertiary/aromatic N) is 1. The van der Waals surface area contributed by atoms with E-state index in [2.05, 4.69) is 0 Å². The fourth-order valence-corrected chi connectivity index (χ4v) is 4.59. The molecule has 3 rings (SSSR count). The minimum Gasteiger partial charge on any atom is -0.339 e. The van der Waals surface area contributed by atoms with Crippen LogP contribution in [-0.2, 0) is 21.9 Å². The highest BCUT2D eigenvalue weighted by Gasteiger charge is 2.40. The summed E-state index contributed by atoms with van der Waals surface area (Å²) in [6.07, 6.45) is -9.61. The second-order valence-corrected chi connectivity index (χ2v) is 8.96. The maximum absolute atomic E-state index is 13.6. The van der Waals surface area contributed by atoms with E-state index in [1.807, 2.05) is 0 Å². The molecule has 35 heavy (non-hydrogen) atoms. The van der Waals surface area contributed by atoms with Crippen LogP contribution in [-0.4, -0.2) is 23.6 Å². The smallest absolute Gasteiger partial charge is 0.339 e. The van der Waals surface area contributed by atoms with Gasteiger partial charge in [-0.15, -0.1) is 0 Å². The Morgan fingerprint density at radius 1 is 1.00 bits per heavy atom. The van der Waals surface area contributed by atoms with Gasteiger partial charge in [-0.25, -0.2) is 4.39 Å². The zero-order chi connectivity index (χ0) is 26.3. The van der Waals surface area contributed by atoms with E-state index in [0.29, 0.717) is 29.7 Å². The molecule has 3 nitrogen and oxygen atoms in total. The van der Waals surface area contributed by atoms with Gasteiger partial charge in [-0.2, -0.15) is 26.3 Å². The lowest BCUT2D eigenvalue weighted by atomic mass is 9.73. The normalized spacial score (nSPS) is 20.0. The summed E-state index contributed by atoms with van der Waals surface area (Å²) < 4.78 is 93.3. The second-order valence-electron chi connectivity index (χ2n) is 8.96. The molecule has 0 N–H and O–H groups in total. The summed E-state index contributed by atoms with van der Waals surface area (Å²) in [7, 11) is 1.29. The number of alkyl halides is 6. The predicted octanol–water partition coefficient (Wildman–Crippen LogP) is 6.84. The number of halogens is 7. The molecule has 10 heteroatoms. The molecule has 0 saturated heterocycles. The van der Waals surface area contributed by atoms with Crippen LogP contribution in [0.1, 0.15) is 66.0 Å². The summed E-state index contributed by atoms with van der Waals surface area (Å²) >= 11 is 0. The van der Waals surface area contributed by atoms with Gasteiger partial charge in [0.2, 0.25) is 5.91 Å². The lowest BCUT2D eigenvalue weighted by Gasteiger charge is -2.36. The van der Waals surface area contributed by atoms with Crippen LogP contribution >= 0.6 is 0 Å². The van der Waals surface area contributed by atoms with Gasteiger partial charge in [0, 0.05) is 19.9 Å². The van der Waals surface area contributed by atoms with Crippen LogP contribution in [0, 0.1) is 18.7 Å². The summed E-state index contributed by atoms with van der Waals surface area (Å²) in [6.45, 7) is 3.00. The standard InChI is InChI=1S/C25H24F7NO2/c1-13-8-18(26)4-6-20(13)21-7-5-19(34)12-22(21)23(35)33(3)14(2)15-9-16(24(27,28)29)11-17(10-15)25(30,31)32/h4,6,8-11,14,21-22H,5,7,12H2,1-3H3/t14-,21?,22?/m1/s1. The highest BCUT2D eigenvalue weighted by molar-refractivity contribution is 5.89. The Bertz CT molecular complexity index is 1090. The van der Waals surface area contributed by atoms with Gasteiger partial charge in [0.15, 0.2) is 0 Å². The van der Waals surface area contributed by atoms with Gasteiger partial charge in [-0.3, -0.25) is 9.59 Å². The van der Waals surface area contributed by atoms with Gasteiger partial charge in [0.1, 0.15) is 11.6 Å². The van der Waals surface area contributed by atoms with Crippen LogP contribution in [0.2, 0.25) is 0 Å². The number of aryl methyl sites for hydroxylation is 1. The molecule has 0 aromatic heterocycles. The van der Waals surface area contributed by atoms with Crippen molar-refractivity contribution in [2.45, 2.75) is 57.4 Å². The van der Waals surface area contributed by atoms with Crippen molar-refractivity contribution in [3.8, 4) is 0 Å². The number of Topliss-reactive ketones (excluding diaryl/α,β-unsaturated/α-hetero) is 1. The van der Waals surface area contributed by atoms with Crippen molar-refractivity contribution in [3.05, 3.63) is 70.0 Å². The van der Waals surface area contributed by atoms with E-state index in [0.717, 1.165) is 4.90 Å². The van der Waals surface area contributed by atoms with Gasteiger partial charge in [-0.1, -0.05) is 6.07 Å². The van der Waals surface area contributed by atoms with Crippen LogP contribution in [0.25, 0.3) is 0 Å². The van der Waals surface area contributed by atoms with Crippen molar-refractivity contribution in [1.29, 1.82) is 0 Å². The molecule has 1 aliphatic carbocycles. The summed E-state index contributed by atoms with van der Waals surface area (Å²) in [5.41, 5.74) is -2.01. The topological polar surface area (TPSA) is 37.4 Å². The van der Waals surface area contributed by atoms with Gasteiger partial charge in [0.05, 0.1) is 23.1 Å². The van der Waals surface area contributed by atoms with E-state index in [4.69, 9.17) is 0 Å². The molecule has 1 aliphatic rings. The van der Waals surface area contributed by atoms with Crippen LogP contribution in [0.5, 0.6) is 0 Å². The number of ketones is 1. The molecule has 0 bridgehead atoms. The van der Waals surface area contributed by atoms with Gasteiger partial charge in [0.25, 0.3) is 0 Å². The molecule has 2 aromatic rings. The van der Waals surface area contributed by atoms with Crippen molar-refractivity contribution in [3.63, 3.8) is 0 Å². The first-order chi connectivity index (χ1) is 16.1. The third-order valence-corrected chi connectivity index (χ3v) is 6.64. The Morgan fingerprint density at radius 3 is 2.09 bits per heavy atom. The van der Waals surface area contributed by atoms with E-state index in [-0.39, 0.29) is 30.3 Å². The highest BCUT2D eigenvalue weighted by atomic mass is 19.4. The lowest BCUT2D eigenvalue weighted by Crippen LogP contribution is -2.40. The van der Waals surface area contributed by atoms with E-state index in [1.54, 1.807) is 6.92 Å². The van der Waals surface area contributed by atoms with Gasteiger partial charge >= 0.3 is 12.4 Å². The molecule has 0 radical (unpaired) electrons. The van der Waals surface area contributed by atoms with Crippen molar-refractivity contribution < 1.29 is 40.3 Å². The maximum Gasteiger partial charge on any atom is 0.416 e. The zero-order valence-electron chi connectivity index (χ0n) is 19.2. The Balaban J connectivity index is 1.97. The molecule has 1 fully saturated rings. The number of rotatable bonds is 4. The maximum atomic E-state index is 13.6. The van der Waals surface area contributed by atoms with E-state index < -0.39 is 53.1 Å².